The van der Waals surface area contributed by atoms with E-state index in [1.807, 2.05) is 6.92 Å². The molecule has 0 aliphatic heterocycles. The summed E-state index contributed by atoms with van der Waals surface area (Å²) in [5, 5.41) is 21.3. The first-order valence-electron chi connectivity index (χ1n) is 5.08. The zero-order chi connectivity index (χ0) is 10.6. The molecule has 2 saturated carbocycles. The topological polar surface area (TPSA) is 64.8 Å². The van der Waals surface area contributed by atoms with Crippen LogP contribution in [0, 0.1) is 17.3 Å². The molecule has 0 aromatic heterocycles. The summed E-state index contributed by atoms with van der Waals surface area (Å²) in [5.41, 5.74) is 2.76. The summed E-state index contributed by atoms with van der Waals surface area (Å²) in [6.07, 6.45) is 1.64. The van der Waals surface area contributed by atoms with Crippen molar-refractivity contribution in [2.45, 2.75) is 39.2 Å². The molecule has 0 bridgehead atoms. The lowest BCUT2D eigenvalue weighted by Crippen LogP contribution is -2.50. The van der Waals surface area contributed by atoms with Crippen molar-refractivity contribution in [3.05, 3.63) is 0 Å². The molecule has 0 radical (unpaired) electrons. The van der Waals surface area contributed by atoms with Crippen LogP contribution in [0.4, 0.5) is 0 Å². The molecule has 14 heavy (non-hydrogen) atoms. The Balaban J connectivity index is 2.23. The van der Waals surface area contributed by atoms with Gasteiger partial charge in [-0.1, -0.05) is 19.0 Å². The Labute approximate surface area is 84.0 Å². The van der Waals surface area contributed by atoms with E-state index in [0.29, 0.717) is 23.0 Å². The van der Waals surface area contributed by atoms with Crippen molar-refractivity contribution in [2.75, 3.05) is 0 Å². The number of fused-ring (bicyclic) bond motifs is 1. The second-order valence-electron chi connectivity index (χ2n) is 5.43. The Morgan fingerprint density at radius 3 is 2.50 bits per heavy atom. The lowest BCUT2D eigenvalue weighted by atomic mass is 9.82. The van der Waals surface area contributed by atoms with Crippen molar-refractivity contribution in [1.29, 1.82) is 0 Å². The fourth-order valence-corrected chi connectivity index (χ4v) is 2.92. The molecule has 0 saturated heterocycles. The first-order chi connectivity index (χ1) is 6.45. The highest BCUT2D eigenvalue weighted by Crippen LogP contribution is 2.65. The van der Waals surface area contributed by atoms with Gasteiger partial charge in [-0.25, -0.2) is 0 Å². The zero-order valence-electron chi connectivity index (χ0n) is 8.91. The molecule has 2 aliphatic rings. The van der Waals surface area contributed by atoms with Gasteiger partial charge in [0.25, 0.3) is 0 Å². The molecule has 2 fully saturated rings. The number of rotatable bonds is 1. The molecule has 4 heteroatoms. The van der Waals surface area contributed by atoms with Crippen LogP contribution in [0.1, 0.15) is 33.6 Å². The minimum absolute atomic E-state index is 0.338. The minimum atomic E-state index is -0.538. The number of hydroxylamine groups is 1. The molecule has 3 atom stereocenters. The molecule has 3 N–H and O–H groups in total. The molecule has 0 aromatic rings. The molecular weight excluding hydrogens is 180 g/mol. The Kier molecular flexibility index (Phi) is 1.92. The Morgan fingerprint density at radius 2 is 2.00 bits per heavy atom. The Bertz CT molecular complexity index is 288. The van der Waals surface area contributed by atoms with Crippen LogP contribution in [0.25, 0.3) is 0 Å². The molecule has 2 aliphatic carbocycles. The van der Waals surface area contributed by atoms with Gasteiger partial charge in [0.05, 0.1) is 11.3 Å². The normalized spacial score (nSPS) is 47.6. The van der Waals surface area contributed by atoms with Gasteiger partial charge in [0.15, 0.2) is 0 Å². The molecule has 80 valence electrons. The third kappa shape index (κ3) is 1.10. The van der Waals surface area contributed by atoms with Crippen molar-refractivity contribution in [2.24, 2.45) is 22.4 Å². The molecule has 4 nitrogen and oxygen atoms in total. The monoisotopic (exact) mass is 198 g/mol. The summed E-state index contributed by atoms with van der Waals surface area (Å²) in [5.74, 6) is 1.26. The summed E-state index contributed by atoms with van der Waals surface area (Å²) in [7, 11) is 0. The molecular formula is C10H18N2O2. The predicted octanol–water partition coefficient (Wildman–Crippen LogP) is 1.62. The van der Waals surface area contributed by atoms with E-state index in [0.717, 1.165) is 12.8 Å². The maximum Gasteiger partial charge on any atom is 0.0818 e. The third-order valence-corrected chi connectivity index (χ3v) is 4.33. The van der Waals surface area contributed by atoms with E-state index in [4.69, 9.17) is 10.4 Å². The molecule has 0 aromatic carbocycles. The Morgan fingerprint density at radius 1 is 1.36 bits per heavy atom. The largest absolute Gasteiger partial charge is 0.411 e. The second kappa shape index (κ2) is 2.70. The van der Waals surface area contributed by atoms with Crippen molar-refractivity contribution in [1.82, 2.24) is 5.48 Å². The van der Waals surface area contributed by atoms with Crippen molar-refractivity contribution >= 4 is 5.71 Å². The van der Waals surface area contributed by atoms with E-state index >= 15 is 0 Å². The van der Waals surface area contributed by atoms with Crippen LogP contribution in [-0.2, 0) is 0 Å². The van der Waals surface area contributed by atoms with E-state index in [9.17, 15) is 0 Å². The number of nitrogens with zero attached hydrogens (tertiary/aromatic N) is 1. The highest BCUT2D eigenvalue weighted by Gasteiger charge is 2.63. The summed E-state index contributed by atoms with van der Waals surface area (Å²) in [4.78, 5) is 0. The van der Waals surface area contributed by atoms with E-state index < -0.39 is 5.54 Å². The molecule has 0 unspecified atom stereocenters. The van der Waals surface area contributed by atoms with Gasteiger partial charge >= 0.3 is 0 Å². The maximum atomic E-state index is 9.12. The van der Waals surface area contributed by atoms with Crippen LogP contribution in [0.3, 0.4) is 0 Å². The van der Waals surface area contributed by atoms with E-state index in [-0.39, 0.29) is 0 Å². The van der Waals surface area contributed by atoms with Crippen LogP contribution >= 0.6 is 0 Å². The summed E-state index contributed by atoms with van der Waals surface area (Å²) in [6.45, 7) is 6.35. The Hall–Kier alpha value is -0.610. The minimum Gasteiger partial charge on any atom is -0.411 e. The fourth-order valence-electron chi connectivity index (χ4n) is 2.92. The highest BCUT2D eigenvalue weighted by atomic mass is 16.5. The summed E-state index contributed by atoms with van der Waals surface area (Å²) < 4.78 is 0. The van der Waals surface area contributed by atoms with Gasteiger partial charge in [-0.2, -0.15) is 5.48 Å². The van der Waals surface area contributed by atoms with Crippen LogP contribution in [0.5, 0.6) is 0 Å². The number of hydrogen-bond donors (Lipinski definition) is 3. The molecule has 0 spiro atoms. The van der Waals surface area contributed by atoms with Gasteiger partial charge in [-0.05, 0) is 37.0 Å². The third-order valence-electron chi connectivity index (χ3n) is 4.33. The second-order valence-corrected chi connectivity index (χ2v) is 5.43. The quantitative estimate of drug-likeness (QED) is 0.443. The summed E-state index contributed by atoms with van der Waals surface area (Å²) in [6, 6.07) is 0. The number of nitrogens with one attached hydrogen (secondary N) is 1. The van der Waals surface area contributed by atoms with Crippen molar-refractivity contribution < 1.29 is 10.4 Å². The fraction of sp³-hybridized carbons (Fsp3) is 0.900. The lowest BCUT2D eigenvalue weighted by molar-refractivity contribution is 0.0902. The smallest absolute Gasteiger partial charge is 0.0818 e. The van der Waals surface area contributed by atoms with Gasteiger partial charge in [0.2, 0.25) is 0 Å². The first-order valence-corrected chi connectivity index (χ1v) is 5.08. The standard InChI is InChI=1S/C10H18N2O2/c1-9(2)6-4-8(11-13)10(3,12-14)5-7(6)9/h6-7,12-14H,4-5H2,1-3H3/b11-8+/t6-,7+,10+/m0/s1. The average molecular weight is 198 g/mol. The first kappa shape index (κ1) is 9.93. The van der Waals surface area contributed by atoms with Crippen LogP contribution in [-0.4, -0.2) is 21.7 Å². The van der Waals surface area contributed by atoms with Crippen LogP contribution in [0.2, 0.25) is 0 Å². The number of hydrogen-bond acceptors (Lipinski definition) is 4. The SMILES string of the molecule is CC1(C)[C@@H]2C[C@@](C)(NO)/C(=N/O)C[C@@H]21. The average Bonchev–Trinajstić information content (AvgIpc) is 2.66. The molecule has 0 heterocycles. The predicted molar refractivity (Wildman–Crippen MR) is 52.5 cm³/mol. The van der Waals surface area contributed by atoms with Gasteiger partial charge in [-0.15, -0.1) is 0 Å². The molecule has 0 amide bonds. The zero-order valence-corrected chi connectivity index (χ0v) is 8.91. The van der Waals surface area contributed by atoms with Gasteiger partial charge < -0.3 is 10.4 Å². The van der Waals surface area contributed by atoms with Gasteiger partial charge in [0.1, 0.15) is 0 Å². The molecule has 2 rings (SSSR count). The van der Waals surface area contributed by atoms with E-state index in [2.05, 4.69) is 24.5 Å². The maximum absolute atomic E-state index is 9.12. The lowest BCUT2D eigenvalue weighted by Gasteiger charge is -2.32. The van der Waals surface area contributed by atoms with Crippen molar-refractivity contribution in [3.63, 3.8) is 0 Å². The van der Waals surface area contributed by atoms with E-state index in [1.165, 1.54) is 0 Å². The highest BCUT2D eigenvalue weighted by molar-refractivity contribution is 5.94. The van der Waals surface area contributed by atoms with Gasteiger partial charge in [0, 0.05) is 0 Å². The number of oxime groups is 1. The van der Waals surface area contributed by atoms with Crippen molar-refractivity contribution in [3.8, 4) is 0 Å². The van der Waals surface area contributed by atoms with Crippen LogP contribution < -0.4 is 5.48 Å². The van der Waals surface area contributed by atoms with Crippen LogP contribution in [0.15, 0.2) is 5.16 Å². The van der Waals surface area contributed by atoms with E-state index in [1.54, 1.807) is 0 Å². The van der Waals surface area contributed by atoms with Gasteiger partial charge in [-0.3, -0.25) is 0 Å². The summed E-state index contributed by atoms with van der Waals surface area (Å²) >= 11 is 0.